The minimum absolute atomic E-state index is 0.172. The molecule has 1 N–H and O–H groups in total. The Labute approximate surface area is 182 Å². The lowest BCUT2D eigenvalue weighted by Crippen LogP contribution is -2.44. The Balaban J connectivity index is 1.90. The Kier molecular flexibility index (Phi) is 5.77. The van der Waals surface area contributed by atoms with Gasteiger partial charge in [0, 0.05) is 0 Å². The zero-order chi connectivity index (χ0) is 22.8. The first kappa shape index (κ1) is 21.3. The number of furan rings is 1. The van der Waals surface area contributed by atoms with Gasteiger partial charge in [-0.05, 0) is 61.9 Å². The van der Waals surface area contributed by atoms with E-state index in [2.05, 4.69) is 5.32 Å². The number of aryl methyl sites for hydroxylation is 1. The molecule has 0 saturated carbocycles. The Morgan fingerprint density at radius 3 is 2.53 bits per heavy atom. The molecule has 7 nitrogen and oxygen atoms in total. The number of carbonyl (C=O) groups excluding carboxylic acids is 1. The highest BCUT2D eigenvalue weighted by Crippen LogP contribution is 2.19. The van der Waals surface area contributed by atoms with Crippen LogP contribution in [0, 0.1) is 12.7 Å². The van der Waals surface area contributed by atoms with Crippen LogP contribution in [0.4, 0.5) is 4.39 Å². The van der Waals surface area contributed by atoms with Crippen LogP contribution in [0.5, 0.6) is 0 Å². The van der Waals surface area contributed by atoms with Crippen molar-refractivity contribution in [3.8, 4) is 5.69 Å². The van der Waals surface area contributed by atoms with Gasteiger partial charge in [-0.3, -0.25) is 14.2 Å². The Hall–Kier alpha value is -3.94. The minimum atomic E-state index is -0.866. The predicted octanol–water partition coefficient (Wildman–Crippen LogP) is 3.46. The molecule has 0 radical (unpaired) electrons. The highest BCUT2D eigenvalue weighted by atomic mass is 19.1. The lowest BCUT2D eigenvalue weighted by molar-refractivity contribution is -0.124. The van der Waals surface area contributed by atoms with Crippen molar-refractivity contribution in [3.63, 3.8) is 0 Å². The average molecular weight is 435 g/mol. The normalized spacial score (nSPS) is 12.1. The molecule has 0 spiro atoms. The van der Waals surface area contributed by atoms with Gasteiger partial charge in [-0.2, -0.15) is 0 Å². The number of carbonyl (C=O) groups is 1. The maximum Gasteiger partial charge on any atom is 0.336 e. The van der Waals surface area contributed by atoms with E-state index in [1.807, 2.05) is 6.92 Å². The van der Waals surface area contributed by atoms with Crippen LogP contribution in [0.1, 0.15) is 30.7 Å². The molecule has 4 aromatic rings. The van der Waals surface area contributed by atoms with Crippen molar-refractivity contribution < 1.29 is 13.6 Å². The van der Waals surface area contributed by atoms with Gasteiger partial charge in [0.05, 0.1) is 29.4 Å². The number of fused-ring (bicyclic) bond motifs is 1. The van der Waals surface area contributed by atoms with Crippen LogP contribution in [0.15, 0.2) is 74.9 Å². The fraction of sp³-hybridized carbons (Fsp3) is 0.208. The number of nitrogens with one attached hydrogen (secondary N) is 1. The first-order valence-corrected chi connectivity index (χ1v) is 10.2. The fourth-order valence-corrected chi connectivity index (χ4v) is 3.76. The number of benzene rings is 2. The van der Waals surface area contributed by atoms with Gasteiger partial charge in [-0.1, -0.05) is 18.6 Å². The molecule has 4 rings (SSSR count). The summed E-state index contributed by atoms with van der Waals surface area (Å²) in [6.07, 6.45) is 1.83. The van der Waals surface area contributed by atoms with Gasteiger partial charge >= 0.3 is 5.69 Å². The maximum absolute atomic E-state index is 13.5. The number of hydrogen-bond acceptors (Lipinski definition) is 4. The van der Waals surface area contributed by atoms with E-state index in [1.165, 1.54) is 35.1 Å². The van der Waals surface area contributed by atoms with Crippen LogP contribution < -0.4 is 16.6 Å². The zero-order valence-corrected chi connectivity index (χ0v) is 17.7. The van der Waals surface area contributed by atoms with E-state index in [1.54, 1.807) is 37.3 Å². The third-order valence-electron chi connectivity index (χ3n) is 5.35. The van der Waals surface area contributed by atoms with E-state index in [0.717, 1.165) is 10.1 Å². The van der Waals surface area contributed by atoms with Gasteiger partial charge in [0.15, 0.2) is 0 Å². The van der Waals surface area contributed by atoms with Crippen molar-refractivity contribution in [1.82, 2.24) is 14.5 Å². The third kappa shape index (κ3) is 3.87. The van der Waals surface area contributed by atoms with Crippen LogP contribution in [-0.4, -0.2) is 15.0 Å². The van der Waals surface area contributed by atoms with Crippen molar-refractivity contribution in [3.05, 3.63) is 98.8 Å². The van der Waals surface area contributed by atoms with Crippen molar-refractivity contribution in [1.29, 1.82) is 0 Å². The number of halogens is 1. The summed E-state index contributed by atoms with van der Waals surface area (Å²) >= 11 is 0. The lowest BCUT2D eigenvalue weighted by atomic mass is 10.1. The van der Waals surface area contributed by atoms with Crippen molar-refractivity contribution in [2.24, 2.45) is 0 Å². The molecule has 2 heterocycles. The van der Waals surface area contributed by atoms with E-state index in [-0.39, 0.29) is 18.1 Å². The molecule has 0 aliphatic rings. The van der Waals surface area contributed by atoms with E-state index < -0.39 is 23.1 Å². The highest BCUT2D eigenvalue weighted by Gasteiger charge is 2.25. The van der Waals surface area contributed by atoms with Gasteiger partial charge in [0.25, 0.3) is 5.56 Å². The number of rotatable bonds is 6. The third-order valence-corrected chi connectivity index (χ3v) is 5.35. The topological polar surface area (TPSA) is 86.2 Å². The molecule has 0 saturated heterocycles. The summed E-state index contributed by atoms with van der Waals surface area (Å²) in [4.78, 5) is 39.9. The molecular formula is C24H22FN3O4. The summed E-state index contributed by atoms with van der Waals surface area (Å²) in [7, 11) is 0. The first-order valence-electron chi connectivity index (χ1n) is 10.2. The Bertz CT molecular complexity index is 1390. The molecule has 0 fully saturated rings. The fourth-order valence-electron chi connectivity index (χ4n) is 3.76. The van der Waals surface area contributed by atoms with E-state index in [0.29, 0.717) is 23.1 Å². The molecule has 2 aromatic heterocycles. The predicted molar refractivity (Wildman–Crippen MR) is 118 cm³/mol. The quantitative estimate of drug-likeness (QED) is 0.503. The molecule has 1 amide bonds. The van der Waals surface area contributed by atoms with Gasteiger partial charge in [-0.25, -0.2) is 13.8 Å². The Morgan fingerprint density at radius 2 is 1.88 bits per heavy atom. The lowest BCUT2D eigenvalue weighted by Gasteiger charge is -2.21. The summed E-state index contributed by atoms with van der Waals surface area (Å²) < 4.78 is 21.0. The maximum atomic E-state index is 13.5. The van der Waals surface area contributed by atoms with Crippen LogP contribution >= 0.6 is 0 Å². The monoisotopic (exact) mass is 435 g/mol. The van der Waals surface area contributed by atoms with Gasteiger partial charge in [0.2, 0.25) is 5.91 Å². The van der Waals surface area contributed by atoms with E-state index in [9.17, 15) is 18.8 Å². The van der Waals surface area contributed by atoms with Crippen LogP contribution in [0.2, 0.25) is 0 Å². The SMILES string of the molecule is CC[C@@H](C(=O)NCc1ccco1)n1c(=O)n(-c2ccc(F)cc2)c(=O)c2cc(C)ccc21. The second-order valence-corrected chi connectivity index (χ2v) is 7.51. The first-order chi connectivity index (χ1) is 15.4. The van der Waals surface area contributed by atoms with E-state index in [4.69, 9.17) is 4.42 Å². The molecule has 164 valence electrons. The summed E-state index contributed by atoms with van der Waals surface area (Å²) in [6, 6.07) is 12.8. The van der Waals surface area contributed by atoms with Crippen molar-refractivity contribution >= 4 is 16.8 Å². The second kappa shape index (κ2) is 8.66. The molecule has 1 atom stereocenters. The van der Waals surface area contributed by atoms with Crippen LogP contribution in [0.3, 0.4) is 0 Å². The molecule has 2 aromatic carbocycles. The Morgan fingerprint density at radius 1 is 1.12 bits per heavy atom. The molecule has 8 heteroatoms. The number of hydrogen-bond donors (Lipinski definition) is 1. The largest absolute Gasteiger partial charge is 0.467 e. The summed E-state index contributed by atoms with van der Waals surface area (Å²) in [5.41, 5.74) is 0.231. The molecule has 0 aliphatic heterocycles. The molecule has 0 aliphatic carbocycles. The minimum Gasteiger partial charge on any atom is -0.467 e. The van der Waals surface area contributed by atoms with Crippen LogP contribution in [0.25, 0.3) is 16.6 Å². The summed E-state index contributed by atoms with van der Waals surface area (Å²) in [5.74, 6) is -0.281. The van der Waals surface area contributed by atoms with Gasteiger partial charge in [-0.15, -0.1) is 0 Å². The van der Waals surface area contributed by atoms with Gasteiger partial charge in [0.1, 0.15) is 17.6 Å². The number of aromatic nitrogens is 2. The molecule has 0 bridgehead atoms. The smallest absolute Gasteiger partial charge is 0.336 e. The molecule has 0 unspecified atom stereocenters. The van der Waals surface area contributed by atoms with Crippen molar-refractivity contribution in [2.45, 2.75) is 32.9 Å². The second-order valence-electron chi connectivity index (χ2n) is 7.51. The average Bonchev–Trinajstić information content (AvgIpc) is 3.30. The summed E-state index contributed by atoms with van der Waals surface area (Å²) in [6.45, 7) is 3.80. The highest BCUT2D eigenvalue weighted by molar-refractivity contribution is 5.85. The van der Waals surface area contributed by atoms with Crippen molar-refractivity contribution in [2.75, 3.05) is 0 Å². The number of amides is 1. The van der Waals surface area contributed by atoms with Crippen LogP contribution in [-0.2, 0) is 11.3 Å². The van der Waals surface area contributed by atoms with Gasteiger partial charge < -0.3 is 9.73 Å². The standard InChI is InChI=1S/C24H22FN3O4/c1-3-20(22(29)26-14-18-5-4-12-32-18)28-21-11-6-15(2)13-19(21)23(30)27(24(28)31)17-9-7-16(25)8-10-17/h4-13,20H,3,14H2,1-2H3,(H,26,29)/t20-/m0/s1. The molecular weight excluding hydrogens is 413 g/mol. The molecule has 32 heavy (non-hydrogen) atoms. The summed E-state index contributed by atoms with van der Waals surface area (Å²) in [5, 5.41) is 3.09. The van der Waals surface area contributed by atoms with E-state index >= 15 is 0 Å². The number of nitrogens with zero attached hydrogens (tertiary/aromatic N) is 2. The zero-order valence-electron chi connectivity index (χ0n) is 17.7.